The van der Waals surface area contributed by atoms with Crippen molar-refractivity contribution in [3.63, 3.8) is 0 Å². The Hall–Kier alpha value is -2.15. The normalized spacial score (nSPS) is 17.6. The first-order valence-electron chi connectivity index (χ1n) is 8.25. The van der Waals surface area contributed by atoms with Gasteiger partial charge in [0, 0.05) is 18.8 Å². The van der Waals surface area contributed by atoms with Gasteiger partial charge in [-0.25, -0.2) is 4.79 Å². The van der Waals surface area contributed by atoms with Crippen LogP contribution in [-0.4, -0.2) is 29.3 Å². The molecule has 1 saturated heterocycles. The van der Waals surface area contributed by atoms with Gasteiger partial charge in [0.05, 0.1) is 0 Å². The maximum Gasteiger partial charge on any atom is 0.325 e. The van der Waals surface area contributed by atoms with Crippen LogP contribution >= 0.6 is 11.3 Å². The third kappa shape index (κ3) is 4.03. The average molecular weight is 345 g/mol. The topological polar surface area (TPSA) is 70.1 Å². The third-order valence-electron chi connectivity index (χ3n) is 4.33. The van der Waals surface area contributed by atoms with E-state index in [9.17, 15) is 4.79 Å². The van der Waals surface area contributed by atoms with Crippen LogP contribution in [0, 0.1) is 19.8 Å². The van der Waals surface area contributed by atoms with Crippen molar-refractivity contribution >= 4 is 33.3 Å². The van der Waals surface area contributed by atoms with Gasteiger partial charge in [0.25, 0.3) is 0 Å². The fourth-order valence-electron chi connectivity index (χ4n) is 2.84. The average Bonchev–Trinajstić information content (AvgIpc) is 2.99. The molecule has 128 valence electrons. The van der Waals surface area contributed by atoms with Gasteiger partial charge in [0.15, 0.2) is 0 Å². The summed E-state index contributed by atoms with van der Waals surface area (Å²) in [7, 11) is 0. The molecule has 1 atom stereocenters. The van der Waals surface area contributed by atoms with E-state index in [0.29, 0.717) is 11.0 Å². The molecule has 7 heteroatoms. The van der Waals surface area contributed by atoms with E-state index in [1.165, 1.54) is 29.7 Å². The molecular formula is C17H23N5OS. The molecule has 1 aliphatic rings. The zero-order valence-corrected chi connectivity index (χ0v) is 15.1. The summed E-state index contributed by atoms with van der Waals surface area (Å²) >= 11 is 1.42. The molecule has 1 aromatic heterocycles. The van der Waals surface area contributed by atoms with E-state index in [2.05, 4.69) is 32.7 Å². The Labute approximate surface area is 146 Å². The van der Waals surface area contributed by atoms with Gasteiger partial charge >= 0.3 is 6.03 Å². The number of hydrogen-bond donors (Lipinski definition) is 2. The smallest absolute Gasteiger partial charge is 0.325 e. The first-order chi connectivity index (χ1) is 11.5. The number of anilines is 3. The molecule has 24 heavy (non-hydrogen) atoms. The standard InChI is InChI=1S/C17H23N5OS/c1-11-5-4-8-22(10-11)17-21-20-16(24-17)19-15(23)18-14-7-6-12(2)13(3)9-14/h6-7,9,11H,4-5,8,10H2,1-3H3,(H2,18,19,20,23)/t11-/m0/s1. The van der Waals surface area contributed by atoms with Crippen LogP contribution in [0.5, 0.6) is 0 Å². The van der Waals surface area contributed by atoms with Crippen molar-refractivity contribution in [2.75, 3.05) is 28.6 Å². The number of piperidine rings is 1. The van der Waals surface area contributed by atoms with E-state index >= 15 is 0 Å². The van der Waals surface area contributed by atoms with Crippen molar-refractivity contribution in [2.45, 2.75) is 33.6 Å². The minimum absolute atomic E-state index is 0.298. The molecule has 0 unspecified atom stereocenters. The minimum atomic E-state index is -0.298. The number of urea groups is 1. The van der Waals surface area contributed by atoms with Crippen molar-refractivity contribution in [3.8, 4) is 0 Å². The number of carbonyl (C=O) groups excluding carboxylic acids is 1. The molecule has 2 heterocycles. The Morgan fingerprint density at radius 1 is 1.25 bits per heavy atom. The quantitative estimate of drug-likeness (QED) is 0.881. The molecule has 1 aliphatic heterocycles. The summed E-state index contributed by atoms with van der Waals surface area (Å²) < 4.78 is 0. The van der Waals surface area contributed by atoms with Gasteiger partial charge in [-0.3, -0.25) is 5.32 Å². The first kappa shape index (κ1) is 16.7. The van der Waals surface area contributed by atoms with E-state index in [1.807, 2.05) is 32.0 Å². The zero-order chi connectivity index (χ0) is 17.1. The SMILES string of the molecule is Cc1ccc(NC(=O)Nc2nnc(N3CCC[C@H](C)C3)s2)cc1C. The summed E-state index contributed by atoms with van der Waals surface area (Å²) in [4.78, 5) is 14.4. The van der Waals surface area contributed by atoms with Crippen LogP contribution in [-0.2, 0) is 0 Å². The monoisotopic (exact) mass is 345 g/mol. The fraction of sp³-hybridized carbons (Fsp3) is 0.471. The molecule has 0 spiro atoms. The molecule has 2 amide bonds. The number of carbonyl (C=O) groups is 1. The van der Waals surface area contributed by atoms with E-state index in [4.69, 9.17) is 0 Å². The molecule has 2 aromatic rings. The number of hydrogen-bond acceptors (Lipinski definition) is 5. The summed E-state index contributed by atoms with van der Waals surface area (Å²) in [6, 6.07) is 5.54. The lowest BCUT2D eigenvalue weighted by molar-refractivity contribution is 0.262. The van der Waals surface area contributed by atoms with Crippen molar-refractivity contribution in [1.82, 2.24) is 10.2 Å². The number of rotatable bonds is 3. The van der Waals surface area contributed by atoms with Crippen molar-refractivity contribution < 1.29 is 4.79 Å². The summed E-state index contributed by atoms with van der Waals surface area (Å²) in [5.74, 6) is 0.673. The van der Waals surface area contributed by atoms with Crippen molar-refractivity contribution in [1.29, 1.82) is 0 Å². The van der Waals surface area contributed by atoms with Gasteiger partial charge in [0.2, 0.25) is 10.3 Å². The molecule has 1 fully saturated rings. The summed E-state index contributed by atoms with van der Waals surface area (Å²) in [5, 5.41) is 15.3. The number of nitrogens with zero attached hydrogens (tertiary/aromatic N) is 3. The van der Waals surface area contributed by atoms with Gasteiger partial charge in [-0.1, -0.05) is 24.3 Å². The molecule has 2 N–H and O–H groups in total. The highest BCUT2D eigenvalue weighted by atomic mass is 32.1. The highest BCUT2D eigenvalue weighted by Gasteiger charge is 2.20. The predicted molar refractivity (Wildman–Crippen MR) is 99.1 cm³/mol. The van der Waals surface area contributed by atoms with Gasteiger partial charge in [0.1, 0.15) is 0 Å². The lowest BCUT2D eigenvalue weighted by Crippen LogP contribution is -2.34. The van der Waals surface area contributed by atoms with Crippen molar-refractivity contribution in [2.24, 2.45) is 5.92 Å². The van der Waals surface area contributed by atoms with Crippen LogP contribution in [0.15, 0.2) is 18.2 Å². The number of benzene rings is 1. The molecule has 0 bridgehead atoms. The third-order valence-corrected chi connectivity index (χ3v) is 5.23. The molecule has 0 saturated carbocycles. The number of amides is 2. The molecule has 1 aromatic carbocycles. The second-order valence-electron chi connectivity index (χ2n) is 6.46. The van der Waals surface area contributed by atoms with Gasteiger partial charge in [-0.15, -0.1) is 10.2 Å². The largest absolute Gasteiger partial charge is 0.346 e. The maximum absolute atomic E-state index is 12.1. The summed E-state index contributed by atoms with van der Waals surface area (Å²) in [6.07, 6.45) is 2.44. The fourth-order valence-corrected chi connectivity index (χ4v) is 3.61. The first-order valence-corrected chi connectivity index (χ1v) is 9.06. The minimum Gasteiger partial charge on any atom is -0.346 e. The van der Waals surface area contributed by atoms with Crippen LogP contribution in [0.2, 0.25) is 0 Å². The van der Waals surface area contributed by atoms with Crippen LogP contribution < -0.4 is 15.5 Å². The Balaban J connectivity index is 1.59. The summed E-state index contributed by atoms with van der Waals surface area (Å²) in [6.45, 7) is 8.33. The van der Waals surface area contributed by atoms with Crippen molar-refractivity contribution in [3.05, 3.63) is 29.3 Å². The number of aryl methyl sites for hydroxylation is 2. The predicted octanol–water partition coefficient (Wildman–Crippen LogP) is 4.04. The maximum atomic E-state index is 12.1. The number of nitrogens with one attached hydrogen (secondary N) is 2. The van der Waals surface area contributed by atoms with Crippen LogP contribution in [0.1, 0.15) is 30.9 Å². The second kappa shape index (κ2) is 7.17. The van der Waals surface area contributed by atoms with E-state index in [0.717, 1.165) is 29.5 Å². The molecule has 6 nitrogen and oxygen atoms in total. The van der Waals surface area contributed by atoms with Gasteiger partial charge in [-0.2, -0.15) is 0 Å². The molecule has 0 radical (unpaired) electrons. The Morgan fingerprint density at radius 2 is 2.08 bits per heavy atom. The highest BCUT2D eigenvalue weighted by molar-refractivity contribution is 7.19. The molecule has 3 rings (SSSR count). The van der Waals surface area contributed by atoms with E-state index in [-0.39, 0.29) is 6.03 Å². The number of aromatic nitrogens is 2. The second-order valence-corrected chi connectivity index (χ2v) is 7.42. The van der Waals surface area contributed by atoms with Crippen LogP contribution in [0.4, 0.5) is 20.7 Å². The van der Waals surface area contributed by atoms with E-state index < -0.39 is 0 Å². The van der Waals surface area contributed by atoms with E-state index in [1.54, 1.807) is 0 Å². The van der Waals surface area contributed by atoms with Crippen LogP contribution in [0.3, 0.4) is 0 Å². The van der Waals surface area contributed by atoms with Crippen LogP contribution in [0.25, 0.3) is 0 Å². The Morgan fingerprint density at radius 3 is 2.83 bits per heavy atom. The molecule has 0 aliphatic carbocycles. The zero-order valence-electron chi connectivity index (χ0n) is 14.3. The van der Waals surface area contributed by atoms with Gasteiger partial charge in [-0.05, 0) is 55.9 Å². The van der Waals surface area contributed by atoms with Gasteiger partial charge < -0.3 is 10.2 Å². The Bertz CT molecular complexity index is 730. The Kier molecular flexibility index (Phi) is 4.99. The molecular weight excluding hydrogens is 322 g/mol. The lowest BCUT2D eigenvalue weighted by atomic mass is 10.0. The lowest BCUT2D eigenvalue weighted by Gasteiger charge is -2.29. The highest BCUT2D eigenvalue weighted by Crippen LogP contribution is 2.28. The summed E-state index contributed by atoms with van der Waals surface area (Å²) in [5.41, 5.74) is 3.11.